The normalized spacial score (nSPS) is 18.8. The maximum absolute atomic E-state index is 11.8. The highest BCUT2D eigenvalue weighted by molar-refractivity contribution is 5.90. The fourth-order valence-corrected chi connectivity index (χ4v) is 1.93. The van der Waals surface area contributed by atoms with E-state index in [0.29, 0.717) is 6.54 Å². The summed E-state index contributed by atoms with van der Waals surface area (Å²) >= 11 is 0. The number of carbonyl (C=O) groups excluding carboxylic acids is 1. The Labute approximate surface area is 100 Å². The van der Waals surface area contributed by atoms with Crippen LogP contribution in [0.1, 0.15) is 13.8 Å². The van der Waals surface area contributed by atoms with Crippen molar-refractivity contribution in [2.75, 3.05) is 30.4 Å². The molecule has 1 aromatic heterocycles. The summed E-state index contributed by atoms with van der Waals surface area (Å²) in [6.45, 7) is 5.17. The number of piperazine rings is 1. The van der Waals surface area contributed by atoms with E-state index in [4.69, 9.17) is 0 Å². The van der Waals surface area contributed by atoms with Crippen molar-refractivity contribution < 1.29 is 4.79 Å². The van der Waals surface area contributed by atoms with E-state index in [1.165, 1.54) is 6.33 Å². The van der Waals surface area contributed by atoms with Gasteiger partial charge >= 0.3 is 0 Å². The van der Waals surface area contributed by atoms with Gasteiger partial charge in [-0.1, -0.05) is 0 Å². The molecule has 1 aliphatic heterocycles. The average Bonchev–Trinajstić information content (AvgIpc) is 2.32. The first kappa shape index (κ1) is 11.6. The lowest BCUT2D eigenvalue weighted by molar-refractivity contribution is -0.126. The van der Waals surface area contributed by atoms with Crippen molar-refractivity contribution in [2.45, 2.75) is 19.4 Å². The van der Waals surface area contributed by atoms with Crippen LogP contribution in [0.5, 0.6) is 0 Å². The van der Waals surface area contributed by atoms with Crippen LogP contribution in [-0.2, 0) is 4.79 Å². The predicted molar refractivity (Wildman–Crippen MR) is 66.0 cm³/mol. The minimum absolute atomic E-state index is 0.0216. The first-order valence-electron chi connectivity index (χ1n) is 5.61. The van der Waals surface area contributed by atoms with Gasteiger partial charge in [-0.3, -0.25) is 4.79 Å². The number of carbonyl (C=O) groups is 1. The van der Waals surface area contributed by atoms with Crippen molar-refractivity contribution >= 4 is 17.5 Å². The van der Waals surface area contributed by atoms with Gasteiger partial charge in [0.2, 0.25) is 5.91 Å². The van der Waals surface area contributed by atoms with Gasteiger partial charge in [0.15, 0.2) is 0 Å². The molecular formula is C11H17N5O. The summed E-state index contributed by atoms with van der Waals surface area (Å²) in [5.41, 5.74) is -0.586. The molecule has 1 saturated heterocycles. The number of hydrogen-bond donors (Lipinski definition) is 2. The largest absolute Gasteiger partial charge is 0.373 e. The second-order valence-electron chi connectivity index (χ2n) is 4.48. The van der Waals surface area contributed by atoms with E-state index in [1.54, 1.807) is 7.05 Å². The monoisotopic (exact) mass is 235 g/mol. The third-order valence-electron chi connectivity index (χ3n) is 3.04. The molecular weight excluding hydrogens is 218 g/mol. The van der Waals surface area contributed by atoms with Crippen LogP contribution in [0.2, 0.25) is 0 Å². The smallest absolute Gasteiger partial charge is 0.245 e. The third-order valence-corrected chi connectivity index (χ3v) is 3.04. The molecule has 0 saturated carbocycles. The Balaban J connectivity index is 2.34. The van der Waals surface area contributed by atoms with Crippen LogP contribution in [0.3, 0.4) is 0 Å². The SMILES string of the molecule is CNc1cc(N2CCNC(=O)C2(C)C)ncn1. The number of amides is 1. The van der Waals surface area contributed by atoms with Crippen molar-refractivity contribution in [3.8, 4) is 0 Å². The van der Waals surface area contributed by atoms with E-state index < -0.39 is 5.54 Å². The quantitative estimate of drug-likeness (QED) is 0.768. The van der Waals surface area contributed by atoms with Crippen LogP contribution in [0.15, 0.2) is 12.4 Å². The summed E-state index contributed by atoms with van der Waals surface area (Å²) < 4.78 is 0. The van der Waals surface area contributed by atoms with E-state index in [2.05, 4.69) is 20.6 Å². The molecule has 1 amide bonds. The van der Waals surface area contributed by atoms with Crippen molar-refractivity contribution in [1.29, 1.82) is 0 Å². The van der Waals surface area contributed by atoms with Gasteiger partial charge in [0.1, 0.15) is 23.5 Å². The van der Waals surface area contributed by atoms with E-state index >= 15 is 0 Å². The van der Waals surface area contributed by atoms with Crippen LogP contribution in [0.4, 0.5) is 11.6 Å². The number of nitrogens with one attached hydrogen (secondary N) is 2. The lowest BCUT2D eigenvalue weighted by Gasteiger charge is -2.41. The second-order valence-corrected chi connectivity index (χ2v) is 4.48. The first-order chi connectivity index (χ1) is 8.05. The van der Waals surface area contributed by atoms with Gasteiger partial charge in [0, 0.05) is 26.2 Å². The third kappa shape index (κ3) is 2.02. The molecule has 2 heterocycles. The molecule has 1 aromatic rings. The fourth-order valence-electron chi connectivity index (χ4n) is 1.93. The minimum atomic E-state index is -0.586. The Hall–Kier alpha value is -1.85. The van der Waals surface area contributed by atoms with Crippen LogP contribution < -0.4 is 15.5 Å². The fraction of sp³-hybridized carbons (Fsp3) is 0.545. The molecule has 2 N–H and O–H groups in total. The highest BCUT2D eigenvalue weighted by atomic mass is 16.2. The Morgan fingerprint density at radius 3 is 2.94 bits per heavy atom. The standard InChI is InChI=1S/C11H17N5O/c1-11(2)10(17)13-4-5-16(11)9-6-8(12-3)14-7-15-9/h6-7H,4-5H2,1-3H3,(H,13,17)(H,12,14,15). The maximum Gasteiger partial charge on any atom is 0.245 e. The summed E-state index contributed by atoms with van der Waals surface area (Å²) in [4.78, 5) is 22.1. The molecule has 0 bridgehead atoms. The average molecular weight is 235 g/mol. The zero-order valence-corrected chi connectivity index (χ0v) is 10.3. The molecule has 0 unspecified atom stereocenters. The Morgan fingerprint density at radius 2 is 2.24 bits per heavy atom. The number of hydrogen-bond acceptors (Lipinski definition) is 5. The second kappa shape index (κ2) is 4.20. The summed E-state index contributed by atoms with van der Waals surface area (Å²) in [6, 6.07) is 1.85. The predicted octanol–water partition coefficient (Wildman–Crippen LogP) is 0.233. The Bertz CT molecular complexity index is 432. The first-order valence-corrected chi connectivity index (χ1v) is 5.61. The highest BCUT2D eigenvalue weighted by Gasteiger charge is 2.38. The molecule has 1 fully saturated rings. The number of anilines is 2. The molecule has 0 aromatic carbocycles. The molecule has 1 aliphatic rings. The molecule has 0 radical (unpaired) electrons. The van der Waals surface area contributed by atoms with Crippen molar-refractivity contribution in [3.63, 3.8) is 0 Å². The van der Waals surface area contributed by atoms with Gasteiger partial charge in [0.05, 0.1) is 0 Å². The van der Waals surface area contributed by atoms with Gasteiger partial charge in [-0.2, -0.15) is 0 Å². The van der Waals surface area contributed by atoms with Gasteiger partial charge in [-0.05, 0) is 13.8 Å². The molecule has 2 rings (SSSR count). The summed E-state index contributed by atoms with van der Waals surface area (Å²) in [6.07, 6.45) is 1.50. The number of nitrogens with zero attached hydrogens (tertiary/aromatic N) is 3. The minimum Gasteiger partial charge on any atom is -0.373 e. The maximum atomic E-state index is 11.8. The van der Waals surface area contributed by atoms with Crippen molar-refractivity contribution in [3.05, 3.63) is 12.4 Å². The zero-order valence-electron chi connectivity index (χ0n) is 10.3. The summed E-state index contributed by atoms with van der Waals surface area (Å²) in [7, 11) is 1.81. The topological polar surface area (TPSA) is 70.2 Å². The van der Waals surface area contributed by atoms with Crippen LogP contribution >= 0.6 is 0 Å². The molecule has 6 nitrogen and oxygen atoms in total. The van der Waals surface area contributed by atoms with E-state index in [9.17, 15) is 4.79 Å². The lowest BCUT2D eigenvalue weighted by atomic mass is 9.99. The summed E-state index contributed by atoms with van der Waals surface area (Å²) in [5, 5.41) is 5.83. The molecule has 0 aliphatic carbocycles. The lowest BCUT2D eigenvalue weighted by Crippen LogP contribution is -2.62. The van der Waals surface area contributed by atoms with E-state index in [-0.39, 0.29) is 5.91 Å². The molecule has 92 valence electrons. The molecule has 17 heavy (non-hydrogen) atoms. The van der Waals surface area contributed by atoms with Crippen LogP contribution in [-0.4, -0.2) is 41.6 Å². The number of rotatable bonds is 2. The van der Waals surface area contributed by atoms with Crippen molar-refractivity contribution in [2.24, 2.45) is 0 Å². The van der Waals surface area contributed by atoms with E-state index in [1.807, 2.05) is 24.8 Å². The van der Waals surface area contributed by atoms with Gasteiger partial charge in [-0.15, -0.1) is 0 Å². The van der Waals surface area contributed by atoms with Gasteiger partial charge in [-0.25, -0.2) is 9.97 Å². The summed E-state index contributed by atoms with van der Waals surface area (Å²) in [5.74, 6) is 1.54. The van der Waals surface area contributed by atoms with Crippen molar-refractivity contribution in [1.82, 2.24) is 15.3 Å². The van der Waals surface area contributed by atoms with Crippen LogP contribution in [0, 0.1) is 0 Å². The zero-order chi connectivity index (χ0) is 12.5. The highest BCUT2D eigenvalue weighted by Crippen LogP contribution is 2.25. The molecule has 6 heteroatoms. The Morgan fingerprint density at radius 1 is 1.47 bits per heavy atom. The molecule has 0 spiro atoms. The van der Waals surface area contributed by atoms with E-state index in [0.717, 1.165) is 18.2 Å². The molecule has 0 atom stereocenters. The van der Waals surface area contributed by atoms with Gasteiger partial charge in [0.25, 0.3) is 0 Å². The van der Waals surface area contributed by atoms with Gasteiger partial charge < -0.3 is 15.5 Å². The number of aromatic nitrogens is 2. The Kier molecular flexibility index (Phi) is 2.87. The van der Waals surface area contributed by atoms with Crippen LogP contribution in [0.25, 0.3) is 0 Å².